The molecule has 0 bridgehead atoms. The number of amides is 1. The third-order valence-corrected chi connectivity index (χ3v) is 7.08. The van der Waals surface area contributed by atoms with E-state index in [4.69, 9.17) is 16.0 Å². The summed E-state index contributed by atoms with van der Waals surface area (Å²) in [7, 11) is -3.70. The van der Waals surface area contributed by atoms with Crippen LogP contribution in [0.25, 0.3) is 0 Å². The van der Waals surface area contributed by atoms with Gasteiger partial charge in [-0.05, 0) is 44.9 Å². The predicted octanol–water partition coefficient (Wildman–Crippen LogP) is 3.85. The zero-order chi connectivity index (χ0) is 20.5. The number of hydrogen-bond donors (Lipinski definition) is 1. The van der Waals surface area contributed by atoms with E-state index >= 15 is 0 Å². The number of carbonyl (C=O) groups is 1. The maximum absolute atomic E-state index is 12.9. The summed E-state index contributed by atoms with van der Waals surface area (Å²) in [5.41, 5.74) is 0.847. The van der Waals surface area contributed by atoms with Crippen molar-refractivity contribution in [2.24, 2.45) is 0 Å². The van der Waals surface area contributed by atoms with Crippen LogP contribution < -0.4 is 5.32 Å². The molecule has 1 aromatic heterocycles. The molecule has 7 nitrogen and oxygen atoms in total. The lowest BCUT2D eigenvalue weighted by Crippen LogP contribution is -2.35. The molecule has 0 atom stereocenters. The van der Waals surface area contributed by atoms with Gasteiger partial charge in [-0.25, -0.2) is 8.42 Å². The number of piperidine rings is 1. The number of anilines is 1. The van der Waals surface area contributed by atoms with Crippen LogP contribution in [0.2, 0.25) is 5.02 Å². The Morgan fingerprint density at radius 3 is 2.57 bits per heavy atom. The van der Waals surface area contributed by atoms with Gasteiger partial charge in [-0.3, -0.25) is 10.1 Å². The van der Waals surface area contributed by atoms with Gasteiger partial charge in [-0.15, -0.1) is 0 Å². The van der Waals surface area contributed by atoms with E-state index in [0.29, 0.717) is 24.4 Å². The number of benzene rings is 1. The Labute approximate surface area is 168 Å². The van der Waals surface area contributed by atoms with Crippen LogP contribution in [0.5, 0.6) is 0 Å². The van der Waals surface area contributed by atoms with Gasteiger partial charge in [-0.2, -0.15) is 9.57 Å². The number of nitrogens with one attached hydrogen (secondary N) is 1. The first-order valence-electron chi connectivity index (χ1n) is 8.87. The summed E-state index contributed by atoms with van der Waals surface area (Å²) >= 11 is 6.14. The van der Waals surface area contributed by atoms with Crippen molar-refractivity contribution in [1.29, 1.82) is 5.26 Å². The third kappa shape index (κ3) is 3.78. The minimum absolute atomic E-state index is 0.00431. The zero-order valence-electron chi connectivity index (χ0n) is 15.6. The molecule has 9 heteroatoms. The molecular weight excluding hydrogens is 402 g/mol. The predicted molar refractivity (Wildman–Crippen MR) is 105 cm³/mol. The number of furan rings is 1. The number of sulfonamides is 1. The minimum atomic E-state index is -3.70. The largest absolute Gasteiger partial charge is 0.444 e. The van der Waals surface area contributed by atoms with E-state index in [9.17, 15) is 18.5 Å². The SMILES string of the molecule is Cc1oc(NC(=O)c2cc(S(=O)(=O)N3CCCCC3)ccc2Cl)c(C#N)c1C. The van der Waals surface area contributed by atoms with Gasteiger partial charge >= 0.3 is 0 Å². The second-order valence-corrected chi connectivity index (χ2v) is 9.00. The molecule has 1 N–H and O–H groups in total. The number of carbonyl (C=O) groups excluding carboxylic acids is 1. The first kappa shape index (κ1) is 20.4. The highest BCUT2D eigenvalue weighted by Crippen LogP contribution is 2.28. The zero-order valence-corrected chi connectivity index (χ0v) is 17.2. The van der Waals surface area contributed by atoms with Gasteiger partial charge in [0, 0.05) is 18.7 Å². The number of hydrogen-bond acceptors (Lipinski definition) is 5. The van der Waals surface area contributed by atoms with Gasteiger partial charge in [0.25, 0.3) is 5.91 Å². The molecule has 0 aliphatic carbocycles. The Kier molecular flexibility index (Phi) is 5.79. The molecule has 1 saturated heterocycles. The number of nitriles is 1. The van der Waals surface area contributed by atoms with Crippen molar-refractivity contribution >= 4 is 33.4 Å². The van der Waals surface area contributed by atoms with Gasteiger partial charge in [0.15, 0.2) is 0 Å². The molecule has 1 aliphatic rings. The quantitative estimate of drug-likeness (QED) is 0.807. The lowest BCUT2D eigenvalue weighted by atomic mass is 10.1. The molecule has 1 aliphatic heterocycles. The molecular formula is C19H20ClN3O4S. The Bertz CT molecular complexity index is 1060. The van der Waals surface area contributed by atoms with Gasteiger partial charge < -0.3 is 4.42 Å². The molecule has 2 aromatic rings. The van der Waals surface area contributed by atoms with Gasteiger partial charge in [0.05, 0.1) is 15.5 Å². The minimum Gasteiger partial charge on any atom is -0.444 e. The fourth-order valence-electron chi connectivity index (χ4n) is 3.11. The van der Waals surface area contributed by atoms with Crippen molar-refractivity contribution in [1.82, 2.24) is 4.31 Å². The van der Waals surface area contributed by atoms with Crippen LogP contribution in [0.1, 0.15) is 46.5 Å². The maximum Gasteiger partial charge on any atom is 0.259 e. The number of aryl methyl sites for hydroxylation is 1. The summed E-state index contributed by atoms with van der Waals surface area (Å²) in [5.74, 6) is -0.117. The van der Waals surface area contributed by atoms with Gasteiger partial charge in [-0.1, -0.05) is 18.0 Å². The highest BCUT2D eigenvalue weighted by molar-refractivity contribution is 7.89. The van der Waals surface area contributed by atoms with Crippen molar-refractivity contribution in [2.45, 2.75) is 38.0 Å². The second-order valence-electron chi connectivity index (χ2n) is 6.66. The summed E-state index contributed by atoms with van der Waals surface area (Å²) in [6, 6.07) is 6.03. The standard InChI is InChI=1S/C19H20ClN3O4S/c1-12-13(2)27-19(16(12)11-21)22-18(24)15-10-14(6-7-17(15)20)28(25,26)23-8-4-3-5-9-23/h6-7,10H,3-5,8-9H2,1-2H3,(H,22,24). The fraction of sp³-hybridized carbons (Fsp3) is 0.368. The number of halogens is 1. The molecule has 0 radical (unpaired) electrons. The van der Waals surface area contributed by atoms with Crippen LogP contribution in [0.3, 0.4) is 0 Å². The molecule has 1 amide bonds. The maximum atomic E-state index is 12.9. The normalized spacial score (nSPS) is 15.2. The first-order valence-corrected chi connectivity index (χ1v) is 10.7. The third-order valence-electron chi connectivity index (χ3n) is 4.86. The monoisotopic (exact) mass is 421 g/mol. The van der Waals surface area contributed by atoms with Crippen LogP contribution in [-0.2, 0) is 10.0 Å². The van der Waals surface area contributed by atoms with Crippen molar-refractivity contribution in [3.63, 3.8) is 0 Å². The van der Waals surface area contributed by atoms with E-state index in [1.165, 1.54) is 22.5 Å². The topological polar surface area (TPSA) is 103 Å². The molecule has 3 rings (SSSR count). The summed E-state index contributed by atoms with van der Waals surface area (Å²) in [6.07, 6.45) is 2.63. The van der Waals surface area contributed by atoms with Crippen LogP contribution in [0.15, 0.2) is 27.5 Å². The molecule has 0 spiro atoms. The molecule has 2 heterocycles. The smallest absolute Gasteiger partial charge is 0.259 e. The number of nitrogens with zero attached hydrogens (tertiary/aromatic N) is 2. The molecule has 1 fully saturated rings. The first-order chi connectivity index (χ1) is 13.3. The Morgan fingerprint density at radius 2 is 1.93 bits per heavy atom. The van der Waals surface area contributed by atoms with Crippen molar-refractivity contribution in [3.05, 3.63) is 45.7 Å². The Hall–Kier alpha value is -2.34. The summed E-state index contributed by atoms with van der Waals surface area (Å²) in [4.78, 5) is 12.7. The summed E-state index contributed by atoms with van der Waals surface area (Å²) in [5, 5.41) is 11.9. The highest BCUT2D eigenvalue weighted by atomic mass is 35.5. The Morgan fingerprint density at radius 1 is 1.25 bits per heavy atom. The van der Waals surface area contributed by atoms with E-state index in [1.54, 1.807) is 13.8 Å². The fourth-order valence-corrected chi connectivity index (χ4v) is 4.86. The molecule has 1 aromatic carbocycles. The summed E-state index contributed by atoms with van der Waals surface area (Å²) in [6.45, 7) is 4.32. The molecule has 0 saturated carbocycles. The van der Waals surface area contributed by atoms with Gasteiger partial charge in [0.2, 0.25) is 15.9 Å². The molecule has 148 valence electrons. The summed E-state index contributed by atoms with van der Waals surface area (Å²) < 4.78 is 32.6. The van der Waals surface area contributed by atoms with Crippen molar-refractivity contribution in [3.8, 4) is 6.07 Å². The van der Waals surface area contributed by atoms with Crippen LogP contribution >= 0.6 is 11.6 Å². The lowest BCUT2D eigenvalue weighted by Gasteiger charge is -2.26. The van der Waals surface area contributed by atoms with E-state index in [2.05, 4.69) is 5.32 Å². The number of rotatable bonds is 4. The van der Waals surface area contributed by atoms with Crippen molar-refractivity contribution in [2.75, 3.05) is 18.4 Å². The van der Waals surface area contributed by atoms with E-state index in [0.717, 1.165) is 19.3 Å². The van der Waals surface area contributed by atoms with Crippen LogP contribution in [-0.4, -0.2) is 31.7 Å². The second kappa shape index (κ2) is 7.95. The lowest BCUT2D eigenvalue weighted by molar-refractivity contribution is 0.102. The van der Waals surface area contributed by atoms with E-state index < -0.39 is 15.9 Å². The molecule has 28 heavy (non-hydrogen) atoms. The van der Waals surface area contributed by atoms with Crippen LogP contribution in [0, 0.1) is 25.2 Å². The molecule has 0 unspecified atom stereocenters. The van der Waals surface area contributed by atoms with E-state index in [-0.39, 0.29) is 26.9 Å². The van der Waals surface area contributed by atoms with Crippen molar-refractivity contribution < 1.29 is 17.6 Å². The van der Waals surface area contributed by atoms with E-state index in [1.807, 2.05) is 6.07 Å². The highest BCUT2D eigenvalue weighted by Gasteiger charge is 2.27. The average Bonchev–Trinajstić information content (AvgIpc) is 2.95. The average molecular weight is 422 g/mol. The van der Waals surface area contributed by atoms with Gasteiger partial charge in [0.1, 0.15) is 17.4 Å². The Balaban J connectivity index is 1.92. The van der Waals surface area contributed by atoms with Crippen LogP contribution in [0.4, 0.5) is 5.88 Å².